The predicted octanol–water partition coefficient (Wildman–Crippen LogP) is 5.35. The molecule has 132 valence electrons. The van der Waals surface area contributed by atoms with Crippen LogP contribution in [0.2, 0.25) is 0 Å². The van der Waals surface area contributed by atoms with Gasteiger partial charge in [0, 0.05) is 17.2 Å². The van der Waals surface area contributed by atoms with Crippen molar-refractivity contribution in [2.75, 3.05) is 0 Å². The van der Waals surface area contributed by atoms with Crippen LogP contribution in [0.5, 0.6) is 0 Å². The van der Waals surface area contributed by atoms with E-state index in [0.717, 1.165) is 26.6 Å². The number of thiophene rings is 1. The third-order valence-electron chi connectivity index (χ3n) is 4.20. The molecule has 5 rings (SSSR count). The zero-order valence-electron chi connectivity index (χ0n) is 13.9. The standard InChI is InChI=1S/C20H12N2O3S2/c23-17-10-13(11-27-20-22-21-19(25-20)16-6-3-9-26-16)18-14-5-2-1-4-12(14)7-8-15(18)24-17/h1-10H,11H2. The lowest BCUT2D eigenvalue weighted by Crippen LogP contribution is -2.00. The smallest absolute Gasteiger partial charge is 0.336 e. The average molecular weight is 392 g/mol. The van der Waals surface area contributed by atoms with Crippen LogP contribution in [0.1, 0.15) is 5.56 Å². The van der Waals surface area contributed by atoms with Crippen LogP contribution in [-0.4, -0.2) is 10.2 Å². The van der Waals surface area contributed by atoms with Crippen LogP contribution in [0, 0.1) is 0 Å². The molecule has 5 aromatic rings. The van der Waals surface area contributed by atoms with E-state index >= 15 is 0 Å². The van der Waals surface area contributed by atoms with Crippen molar-refractivity contribution in [3.63, 3.8) is 0 Å². The van der Waals surface area contributed by atoms with E-state index in [-0.39, 0.29) is 5.63 Å². The number of benzene rings is 2. The molecule has 0 bridgehead atoms. The second-order valence-electron chi connectivity index (χ2n) is 5.89. The van der Waals surface area contributed by atoms with Crippen LogP contribution in [-0.2, 0) is 5.75 Å². The van der Waals surface area contributed by atoms with Gasteiger partial charge in [0.05, 0.1) is 4.88 Å². The summed E-state index contributed by atoms with van der Waals surface area (Å²) in [7, 11) is 0. The molecule has 0 amide bonds. The maximum atomic E-state index is 12.0. The van der Waals surface area contributed by atoms with Gasteiger partial charge in [0.2, 0.25) is 0 Å². The topological polar surface area (TPSA) is 69.1 Å². The summed E-state index contributed by atoms with van der Waals surface area (Å²) in [6.07, 6.45) is 0. The highest BCUT2D eigenvalue weighted by Gasteiger charge is 2.13. The minimum Gasteiger partial charge on any atom is -0.423 e. The molecule has 0 fully saturated rings. The van der Waals surface area contributed by atoms with Crippen molar-refractivity contribution < 1.29 is 8.83 Å². The molecule has 0 aliphatic heterocycles. The Balaban J connectivity index is 1.53. The lowest BCUT2D eigenvalue weighted by molar-refractivity contribution is 0.466. The highest BCUT2D eigenvalue weighted by molar-refractivity contribution is 7.98. The predicted molar refractivity (Wildman–Crippen MR) is 107 cm³/mol. The fraction of sp³-hybridized carbons (Fsp3) is 0.0500. The maximum absolute atomic E-state index is 12.0. The third-order valence-corrected chi connectivity index (χ3v) is 5.93. The lowest BCUT2D eigenvalue weighted by Gasteiger charge is -2.07. The van der Waals surface area contributed by atoms with Crippen molar-refractivity contribution in [1.29, 1.82) is 0 Å². The molecule has 3 heterocycles. The third kappa shape index (κ3) is 3.05. The van der Waals surface area contributed by atoms with Crippen molar-refractivity contribution in [3.05, 3.63) is 76.0 Å². The monoisotopic (exact) mass is 392 g/mol. The molecule has 27 heavy (non-hydrogen) atoms. The van der Waals surface area contributed by atoms with Gasteiger partial charge in [-0.3, -0.25) is 0 Å². The Labute approximate surface area is 161 Å². The number of thioether (sulfide) groups is 1. The molecule has 7 heteroatoms. The van der Waals surface area contributed by atoms with Crippen molar-refractivity contribution >= 4 is 44.8 Å². The normalized spacial score (nSPS) is 11.4. The van der Waals surface area contributed by atoms with E-state index in [1.807, 2.05) is 53.9 Å². The van der Waals surface area contributed by atoms with Gasteiger partial charge in [-0.25, -0.2) is 4.79 Å². The van der Waals surface area contributed by atoms with Crippen LogP contribution in [0.25, 0.3) is 32.5 Å². The Hall–Kier alpha value is -2.90. The molecule has 0 unspecified atom stereocenters. The molecule has 0 spiro atoms. The van der Waals surface area contributed by atoms with E-state index in [4.69, 9.17) is 8.83 Å². The van der Waals surface area contributed by atoms with Crippen molar-refractivity contribution in [2.45, 2.75) is 11.0 Å². The number of aromatic nitrogens is 2. The van der Waals surface area contributed by atoms with Crippen LogP contribution >= 0.6 is 23.1 Å². The van der Waals surface area contributed by atoms with E-state index in [1.165, 1.54) is 11.8 Å². The first kappa shape index (κ1) is 16.3. The van der Waals surface area contributed by atoms with Gasteiger partial charge in [-0.2, -0.15) is 0 Å². The highest BCUT2D eigenvalue weighted by Crippen LogP contribution is 2.32. The number of hydrogen-bond acceptors (Lipinski definition) is 7. The Morgan fingerprint density at radius 1 is 1.00 bits per heavy atom. The molecule has 3 aromatic heterocycles. The fourth-order valence-electron chi connectivity index (χ4n) is 3.04. The number of fused-ring (bicyclic) bond motifs is 3. The number of hydrogen-bond donors (Lipinski definition) is 0. The summed E-state index contributed by atoms with van der Waals surface area (Å²) in [6.45, 7) is 0. The molecule has 0 aliphatic carbocycles. The molecule has 0 saturated heterocycles. The first-order valence-corrected chi connectivity index (χ1v) is 10.1. The van der Waals surface area contributed by atoms with Crippen LogP contribution in [0.4, 0.5) is 0 Å². The quantitative estimate of drug-likeness (QED) is 0.233. The molecule has 0 atom stereocenters. The van der Waals surface area contributed by atoms with E-state index in [2.05, 4.69) is 10.2 Å². The summed E-state index contributed by atoms with van der Waals surface area (Å²) in [4.78, 5) is 12.9. The molecule has 2 aromatic carbocycles. The maximum Gasteiger partial charge on any atom is 0.336 e. The highest BCUT2D eigenvalue weighted by atomic mass is 32.2. The van der Waals surface area contributed by atoms with E-state index < -0.39 is 0 Å². The van der Waals surface area contributed by atoms with E-state index in [9.17, 15) is 4.79 Å². The zero-order chi connectivity index (χ0) is 18.2. The molecule has 0 aliphatic rings. The average Bonchev–Trinajstić information content (AvgIpc) is 3.37. The Morgan fingerprint density at radius 2 is 1.93 bits per heavy atom. The largest absolute Gasteiger partial charge is 0.423 e. The molecule has 5 nitrogen and oxygen atoms in total. The van der Waals surface area contributed by atoms with Crippen LogP contribution < -0.4 is 5.63 Å². The summed E-state index contributed by atoms with van der Waals surface area (Å²) in [6, 6.07) is 17.3. The van der Waals surface area contributed by atoms with Gasteiger partial charge < -0.3 is 8.83 Å². The number of rotatable bonds is 4. The first-order chi connectivity index (χ1) is 13.3. The van der Waals surface area contributed by atoms with Crippen molar-refractivity contribution in [2.24, 2.45) is 0 Å². The Kier molecular flexibility index (Phi) is 4.03. The second-order valence-corrected chi connectivity index (χ2v) is 7.76. The summed E-state index contributed by atoms with van der Waals surface area (Å²) in [5.41, 5.74) is 1.11. The minimum absolute atomic E-state index is 0.363. The van der Waals surface area contributed by atoms with Gasteiger partial charge in [0.15, 0.2) is 0 Å². The summed E-state index contributed by atoms with van der Waals surface area (Å²) in [5.74, 6) is 1.04. The van der Waals surface area contributed by atoms with Gasteiger partial charge in [-0.1, -0.05) is 48.2 Å². The van der Waals surface area contributed by atoms with Gasteiger partial charge in [-0.15, -0.1) is 21.5 Å². The van der Waals surface area contributed by atoms with Gasteiger partial charge in [-0.05, 0) is 33.8 Å². The molecule has 0 saturated carbocycles. The van der Waals surface area contributed by atoms with Crippen molar-refractivity contribution in [1.82, 2.24) is 10.2 Å². The molecule has 0 N–H and O–H groups in total. The molecular formula is C20H12N2O3S2. The number of nitrogens with zero attached hydrogens (tertiary/aromatic N) is 2. The SMILES string of the molecule is O=c1cc(CSc2nnc(-c3cccs3)o2)c2c(ccc3ccccc32)o1. The summed E-state index contributed by atoms with van der Waals surface area (Å²) < 4.78 is 11.1. The first-order valence-electron chi connectivity index (χ1n) is 8.22. The van der Waals surface area contributed by atoms with E-state index in [0.29, 0.717) is 22.4 Å². The zero-order valence-corrected chi connectivity index (χ0v) is 15.5. The van der Waals surface area contributed by atoms with Gasteiger partial charge >= 0.3 is 5.63 Å². The van der Waals surface area contributed by atoms with Crippen LogP contribution in [0.3, 0.4) is 0 Å². The van der Waals surface area contributed by atoms with Gasteiger partial charge in [0.25, 0.3) is 11.1 Å². The van der Waals surface area contributed by atoms with E-state index in [1.54, 1.807) is 17.4 Å². The lowest BCUT2D eigenvalue weighted by atomic mass is 10.0. The fourth-order valence-corrected chi connectivity index (χ4v) is 4.43. The molecule has 0 radical (unpaired) electrons. The Morgan fingerprint density at radius 3 is 2.81 bits per heavy atom. The molecular weight excluding hydrogens is 380 g/mol. The van der Waals surface area contributed by atoms with Crippen LogP contribution in [0.15, 0.2) is 78.8 Å². The summed E-state index contributed by atoms with van der Waals surface area (Å²) >= 11 is 2.96. The van der Waals surface area contributed by atoms with Gasteiger partial charge in [0.1, 0.15) is 5.58 Å². The second kappa shape index (κ2) is 6.68. The minimum atomic E-state index is -0.363. The van der Waals surface area contributed by atoms with Crippen molar-refractivity contribution in [3.8, 4) is 10.8 Å². The Bertz CT molecular complexity index is 1310. The summed E-state index contributed by atoms with van der Waals surface area (Å²) in [5, 5.41) is 13.7.